The van der Waals surface area contributed by atoms with Crippen molar-refractivity contribution in [3.8, 4) is 0 Å². The van der Waals surface area contributed by atoms with E-state index in [1.54, 1.807) is 0 Å². The number of nitrogens with one attached hydrogen (secondary N) is 1. The van der Waals surface area contributed by atoms with E-state index in [9.17, 15) is 9.00 Å². The summed E-state index contributed by atoms with van der Waals surface area (Å²) >= 11 is -1.95. The SMILES string of the molecule is NC(=O)C1CCC(NS(=O)O)CC1. The van der Waals surface area contributed by atoms with E-state index in [1.165, 1.54) is 0 Å². The maximum atomic E-state index is 10.8. The van der Waals surface area contributed by atoms with Crippen LogP contribution in [0.5, 0.6) is 0 Å². The maximum Gasteiger partial charge on any atom is 0.231 e. The molecule has 1 aliphatic rings. The van der Waals surface area contributed by atoms with Gasteiger partial charge in [0.1, 0.15) is 0 Å². The molecule has 1 unspecified atom stereocenters. The highest BCUT2D eigenvalue weighted by molar-refractivity contribution is 7.77. The van der Waals surface area contributed by atoms with Gasteiger partial charge >= 0.3 is 0 Å². The third-order valence-corrected chi connectivity index (χ3v) is 2.93. The zero-order valence-electron chi connectivity index (χ0n) is 7.23. The molecule has 1 rings (SSSR count). The summed E-state index contributed by atoms with van der Waals surface area (Å²) < 4.78 is 21.5. The summed E-state index contributed by atoms with van der Waals surface area (Å²) in [4.78, 5) is 10.8. The topological polar surface area (TPSA) is 92.4 Å². The summed E-state index contributed by atoms with van der Waals surface area (Å²) in [5, 5.41) is 0. The molecule has 13 heavy (non-hydrogen) atoms. The van der Waals surface area contributed by atoms with Crippen LogP contribution in [0, 0.1) is 5.92 Å². The van der Waals surface area contributed by atoms with Crippen LogP contribution in [0.25, 0.3) is 0 Å². The molecule has 0 aromatic carbocycles. The van der Waals surface area contributed by atoms with Crippen molar-refractivity contribution in [1.82, 2.24) is 4.72 Å². The second-order valence-electron chi connectivity index (χ2n) is 3.32. The van der Waals surface area contributed by atoms with E-state index < -0.39 is 11.3 Å². The molecule has 0 aromatic heterocycles. The van der Waals surface area contributed by atoms with Crippen LogP contribution < -0.4 is 10.5 Å². The molecule has 1 aliphatic carbocycles. The molecule has 76 valence electrons. The quantitative estimate of drug-likeness (QED) is 0.556. The normalized spacial score (nSPS) is 31.2. The first kappa shape index (κ1) is 10.6. The Morgan fingerprint density at radius 1 is 1.38 bits per heavy atom. The Kier molecular flexibility index (Phi) is 3.83. The van der Waals surface area contributed by atoms with Gasteiger partial charge in [0.2, 0.25) is 17.2 Å². The summed E-state index contributed by atoms with van der Waals surface area (Å²) in [6.07, 6.45) is 2.90. The van der Waals surface area contributed by atoms with Crippen molar-refractivity contribution in [3.05, 3.63) is 0 Å². The first-order valence-corrected chi connectivity index (χ1v) is 5.36. The van der Waals surface area contributed by atoms with Gasteiger partial charge in [0.15, 0.2) is 0 Å². The molecule has 1 amide bonds. The molecule has 0 spiro atoms. The Morgan fingerprint density at radius 2 is 1.92 bits per heavy atom. The van der Waals surface area contributed by atoms with Gasteiger partial charge in [-0.3, -0.25) is 9.35 Å². The fourth-order valence-corrected chi connectivity index (χ4v) is 2.16. The first-order valence-electron chi connectivity index (χ1n) is 4.26. The molecular weight excluding hydrogens is 192 g/mol. The smallest absolute Gasteiger partial charge is 0.231 e. The highest BCUT2D eigenvalue weighted by Crippen LogP contribution is 2.23. The number of nitrogens with two attached hydrogens (primary N) is 1. The number of hydrogen-bond acceptors (Lipinski definition) is 2. The molecule has 5 nitrogen and oxygen atoms in total. The average Bonchev–Trinajstić information content (AvgIpc) is 2.04. The molecule has 1 fully saturated rings. The second-order valence-corrected chi connectivity index (χ2v) is 4.05. The molecule has 6 heteroatoms. The van der Waals surface area contributed by atoms with Crippen molar-refractivity contribution in [2.45, 2.75) is 31.7 Å². The number of rotatable bonds is 3. The third-order valence-electron chi connectivity index (χ3n) is 2.40. The van der Waals surface area contributed by atoms with Crippen molar-refractivity contribution < 1.29 is 13.6 Å². The Morgan fingerprint density at radius 3 is 2.31 bits per heavy atom. The summed E-state index contributed by atoms with van der Waals surface area (Å²) in [5.41, 5.74) is 5.15. The molecule has 0 saturated heterocycles. The lowest BCUT2D eigenvalue weighted by atomic mass is 9.86. The average molecular weight is 206 g/mol. The summed E-state index contributed by atoms with van der Waals surface area (Å²) in [7, 11) is 0. The van der Waals surface area contributed by atoms with Crippen molar-refractivity contribution in [1.29, 1.82) is 0 Å². The van der Waals surface area contributed by atoms with E-state index in [-0.39, 0.29) is 17.9 Å². The van der Waals surface area contributed by atoms with Crippen molar-refractivity contribution in [2.24, 2.45) is 11.7 Å². The van der Waals surface area contributed by atoms with E-state index in [4.69, 9.17) is 10.3 Å². The number of primary amides is 1. The van der Waals surface area contributed by atoms with Crippen LogP contribution in [-0.4, -0.2) is 20.7 Å². The summed E-state index contributed by atoms with van der Waals surface area (Å²) in [6.45, 7) is 0. The minimum absolute atomic E-state index is 0.0430. The van der Waals surface area contributed by atoms with Crippen LogP contribution in [0.3, 0.4) is 0 Å². The van der Waals surface area contributed by atoms with E-state index in [1.807, 2.05) is 0 Å². The van der Waals surface area contributed by atoms with E-state index >= 15 is 0 Å². The lowest BCUT2D eigenvalue weighted by Crippen LogP contribution is -2.37. The van der Waals surface area contributed by atoms with Crippen LogP contribution in [-0.2, 0) is 16.1 Å². The lowest BCUT2D eigenvalue weighted by Gasteiger charge is -2.25. The van der Waals surface area contributed by atoms with Gasteiger partial charge in [0, 0.05) is 12.0 Å². The molecule has 0 aromatic rings. The van der Waals surface area contributed by atoms with Gasteiger partial charge in [-0.15, -0.1) is 0 Å². The Hall–Kier alpha value is -0.460. The Bertz CT molecular complexity index is 214. The standard InChI is InChI=1S/C7H14N2O3S/c8-7(10)5-1-3-6(4-2-5)9-13(11)12/h5-6,9H,1-4H2,(H2,8,10)(H,11,12). The molecule has 1 atom stereocenters. The molecule has 0 bridgehead atoms. The predicted octanol–water partition coefficient (Wildman–Crippen LogP) is -0.243. The van der Waals surface area contributed by atoms with Gasteiger partial charge in [0.25, 0.3) is 0 Å². The Balaban J connectivity index is 2.30. The van der Waals surface area contributed by atoms with Crippen LogP contribution in [0.15, 0.2) is 0 Å². The molecule has 0 aliphatic heterocycles. The maximum absolute atomic E-state index is 10.8. The van der Waals surface area contributed by atoms with Gasteiger partial charge in [0.05, 0.1) is 0 Å². The highest BCUT2D eigenvalue weighted by Gasteiger charge is 2.24. The lowest BCUT2D eigenvalue weighted by molar-refractivity contribution is -0.122. The van der Waals surface area contributed by atoms with E-state index in [0.717, 1.165) is 12.8 Å². The van der Waals surface area contributed by atoms with Crippen molar-refractivity contribution >= 4 is 17.2 Å². The van der Waals surface area contributed by atoms with E-state index in [0.29, 0.717) is 12.8 Å². The van der Waals surface area contributed by atoms with Gasteiger partial charge in [-0.05, 0) is 25.7 Å². The number of carbonyl (C=O) groups excluding carboxylic acids is 1. The van der Waals surface area contributed by atoms with Gasteiger partial charge in [-0.2, -0.15) is 0 Å². The number of hydrogen-bond donors (Lipinski definition) is 3. The molecule has 4 N–H and O–H groups in total. The molecular formula is C7H14N2O3S. The second kappa shape index (κ2) is 4.69. The minimum atomic E-state index is -1.95. The third kappa shape index (κ3) is 3.41. The fraction of sp³-hybridized carbons (Fsp3) is 0.857. The fourth-order valence-electron chi connectivity index (χ4n) is 1.64. The zero-order valence-corrected chi connectivity index (χ0v) is 8.05. The van der Waals surface area contributed by atoms with Crippen molar-refractivity contribution in [3.63, 3.8) is 0 Å². The molecule has 0 heterocycles. The van der Waals surface area contributed by atoms with Crippen LogP contribution in [0.2, 0.25) is 0 Å². The van der Waals surface area contributed by atoms with Gasteiger partial charge in [-0.1, -0.05) is 0 Å². The monoisotopic (exact) mass is 206 g/mol. The predicted molar refractivity (Wildman–Crippen MR) is 48.8 cm³/mol. The Labute approximate surface area is 79.5 Å². The molecule has 1 saturated carbocycles. The zero-order chi connectivity index (χ0) is 9.84. The van der Waals surface area contributed by atoms with Gasteiger partial charge in [-0.25, -0.2) is 8.93 Å². The van der Waals surface area contributed by atoms with Crippen molar-refractivity contribution in [2.75, 3.05) is 0 Å². The summed E-state index contributed by atoms with van der Waals surface area (Å²) in [5.74, 6) is -0.311. The van der Waals surface area contributed by atoms with Crippen LogP contribution in [0.4, 0.5) is 0 Å². The first-order chi connectivity index (χ1) is 6.09. The van der Waals surface area contributed by atoms with Crippen LogP contribution in [0.1, 0.15) is 25.7 Å². The summed E-state index contributed by atoms with van der Waals surface area (Å²) in [6, 6.07) is 0.0430. The minimum Gasteiger partial charge on any atom is -0.369 e. The highest BCUT2D eigenvalue weighted by atomic mass is 32.2. The van der Waals surface area contributed by atoms with E-state index in [2.05, 4.69) is 4.72 Å². The largest absolute Gasteiger partial charge is 0.369 e. The van der Waals surface area contributed by atoms with Crippen LogP contribution >= 0.6 is 0 Å². The van der Waals surface area contributed by atoms with Gasteiger partial charge < -0.3 is 5.73 Å². The number of amides is 1. The number of carbonyl (C=O) groups is 1. The molecule has 0 radical (unpaired) electrons.